The van der Waals surface area contributed by atoms with Crippen molar-refractivity contribution in [3.63, 3.8) is 0 Å². The van der Waals surface area contributed by atoms with E-state index in [1.165, 1.54) is 18.9 Å². The van der Waals surface area contributed by atoms with Crippen molar-refractivity contribution < 1.29 is 28.2 Å². The molecule has 0 radical (unpaired) electrons. The monoisotopic (exact) mass is 1200 g/mol. The van der Waals surface area contributed by atoms with Crippen molar-refractivity contribution in [2.24, 2.45) is 17.8 Å². The number of unbranched alkanes of at least 4 members (excludes halogenated alkanes) is 1. The lowest BCUT2D eigenvalue weighted by molar-refractivity contribution is -0.0980. The summed E-state index contributed by atoms with van der Waals surface area (Å²) in [7, 11) is 6.04. The van der Waals surface area contributed by atoms with E-state index >= 15 is 4.39 Å². The number of fused-ring (bicyclic) bond motifs is 3. The predicted octanol–water partition coefficient (Wildman–Crippen LogP) is 12.7. The van der Waals surface area contributed by atoms with Crippen LogP contribution in [0.3, 0.4) is 0 Å². The number of likely N-dealkylation sites (tertiary alicyclic amines) is 1. The van der Waals surface area contributed by atoms with E-state index in [1.807, 2.05) is 75.2 Å². The molecule has 7 heterocycles. The topological polar surface area (TPSA) is 140 Å². The molecule has 5 saturated heterocycles. The van der Waals surface area contributed by atoms with Crippen LogP contribution >= 0.6 is 0 Å². The Hall–Kier alpha value is -7.19. The highest BCUT2D eigenvalue weighted by Crippen LogP contribution is 2.45. The summed E-state index contributed by atoms with van der Waals surface area (Å²) < 4.78 is 28.1. The van der Waals surface area contributed by atoms with Crippen LogP contribution in [0.1, 0.15) is 125 Å². The summed E-state index contributed by atoms with van der Waals surface area (Å²) in [6.07, 6.45) is 22.0. The van der Waals surface area contributed by atoms with Gasteiger partial charge in [-0.2, -0.15) is 9.97 Å². The van der Waals surface area contributed by atoms with Gasteiger partial charge in [-0.05, 0) is 133 Å². The van der Waals surface area contributed by atoms with Crippen molar-refractivity contribution in [2.45, 2.75) is 130 Å². The number of benzene rings is 3. The molecule has 5 fully saturated rings. The van der Waals surface area contributed by atoms with Gasteiger partial charge in [0.25, 0.3) is 0 Å². The molecule has 0 spiro atoms. The van der Waals surface area contributed by atoms with Crippen molar-refractivity contribution in [2.75, 3.05) is 110 Å². The third kappa shape index (κ3) is 16.5. The minimum atomic E-state index is -0.439. The normalized spacial score (nSPS) is 21.0. The van der Waals surface area contributed by atoms with Gasteiger partial charge < -0.3 is 39.2 Å². The molecule has 5 aromatic rings. The first-order chi connectivity index (χ1) is 42.4. The molecule has 10 rings (SSSR count). The minimum absolute atomic E-state index is 0.0513. The molecule has 15 nitrogen and oxygen atoms in total. The van der Waals surface area contributed by atoms with Crippen LogP contribution in [-0.4, -0.2) is 171 Å². The summed E-state index contributed by atoms with van der Waals surface area (Å²) in [6.45, 7) is 36.5. The Kier molecular flexibility index (Phi) is 25.1. The lowest BCUT2D eigenvalue weighted by atomic mass is 9.94. The molecular formula is C72H99FN10O5. The number of piperidine rings is 1. The van der Waals surface area contributed by atoms with Crippen LogP contribution in [0, 0.1) is 49.8 Å². The molecule has 3 aromatic carbocycles. The number of carbonyl (C=O) groups is 3. The second-order valence-corrected chi connectivity index (χ2v) is 25.3. The Balaban J connectivity index is 0.000000538. The quantitative estimate of drug-likeness (QED) is 0.0505. The molecule has 5 atom stereocenters. The molecule has 5 aliphatic heterocycles. The lowest BCUT2D eigenvalue weighted by Gasteiger charge is -2.39. The SMILES string of the molecule is C#Cc1c(F)ccc2cccc(-c3ncc4c(N5CC(C)CCC(C)C5)nc(OC[C@@]56CC[C@@H](COC(=O)N7CCC(CN8CCN(c9ccc(C)c(C=O)c9)CC8)CC7)N5CC(=C)C6)nc4c3C)c12.C=CCCC(C(=C)NC)N(C)C.C=O.CCCC. The number of amides is 1. The molecular weight excluding hydrogens is 1100 g/mol. The highest BCUT2D eigenvalue weighted by Gasteiger charge is 2.51. The second kappa shape index (κ2) is 32.3. The van der Waals surface area contributed by atoms with Gasteiger partial charge in [0, 0.05) is 124 Å². The van der Waals surface area contributed by atoms with Crippen LogP contribution < -0.4 is 19.9 Å². The minimum Gasteiger partial charge on any atom is -0.461 e. The van der Waals surface area contributed by atoms with Gasteiger partial charge in [-0.15, -0.1) is 13.0 Å². The first kappa shape index (κ1) is 68.3. The average molecular weight is 1200 g/mol. The lowest BCUT2D eigenvalue weighted by Crippen LogP contribution is -2.50. The number of aromatic nitrogens is 3. The fraction of sp³-hybridized carbons (Fsp3) is 0.528. The van der Waals surface area contributed by atoms with Crippen molar-refractivity contribution in [3.05, 3.63) is 120 Å². The summed E-state index contributed by atoms with van der Waals surface area (Å²) in [4.78, 5) is 62.3. The molecule has 0 saturated carbocycles. The maximum absolute atomic E-state index is 15.2. The molecule has 0 aliphatic carbocycles. The van der Waals surface area contributed by atoms with E-state index < -0.39 is 5.82 Å². The van der Waals surface area contributed by atoms with Crippen molar-refractivity contribution in [1.29, 1.82) is 0 Å². The number of carbonyl (C=O) groups excluding carboxylic acids is 3. The molecule has 88 heavy (non-hydrogen) atoms. The predicted molar refractivity (Wildman–Crippen MR) is 358 cm³/mol. The van der Waals surface area contributed by atoms with Gasteiger partial charge in [0.15, 0.2) is 0 Å². The Morgan fingerprint density at radius 3 is 2.30 bits per heavy atom. The van der Waals surface area contributed by atoms with Gasteiger partial charge in [-0.3, -0.25) is 19.6 Å². The summed E-state index contributed by atoms with van der Waals surface area (Å²) in [5.74, 6) is 4.48. The number of nitrogens with zero attached hydrogens (tertiary/aromatic N) is 9. The van der Waals surface area contributed by atoms with Gasteiger partial charge in [0.05, 0.1) is 27.7 Å². The van der Waals surface area contributed by atoms with Crippen LogP contribution in [-0.2, 0) is 9.53 Å². The fourth-order valence-corrected chi connectivity index (χ4v) is 13.4. The number of ether oxygens (including phenoxy) is 2. The number of aldehydes is 1. The third-order valence-corrected chi connectivity index (χ3v) is 18.7. The molecule has 3 unspecified atom stereocenters. The van der Waals surface area contributed by atoms with E-state index in [0.29, 0.717) is 67.2 Å². The number of hydrogen-bond donors (Lipinski definition) is 1. The summed E-state index contributed by atoms with van der Waals surface area (Å²) in [6, 6.07) is 15.9. The molecule has 1 amide bonds. The molecule has 5 aliphatic rings. The van der Waals surface area contributed by atoms with E-state index in [2.05, 4.69) is 103 Å². The zero-order valence-electron chi connectivity index (χ0n) is 54.4. The fourth-order valence-electron chi connectivity index (χ4n) is 13.4. The van der Waals surface area contributed by atoms with Crippen molar-refractivity contribution in [1.82, 2.24) is 39.9 Å². The first-order valence-electron chi connectivity index (χ1n) is 32.0. The number of nitrogens with one attached hydrogen (secondary N) is 1. The van der Waals surface area contributed by atoms with E-state index in [9.17, 15) is 9.59 Å². The highest BCUT2D eigenvalue weighted by atomic mass is 19.1. The number of anilines is 2. The van der Waals surface area contributed by atoms with Gasteiger partial charge in [0.2, 0.25) is 0 Å². The van der Waals surface area contributed by atoms with Crippen LogP contribution in [0.2, 0.25) is 0 Å². The third-order valence-electron chi connectivity index (χ3n) is 18.7. The summed E-state index contributed by atoms with van der Waals surface area (Å²) >= 11 is 0. The second-order valence-electron chi connectivity index (χ2n) is 25.3. The van der Waals surface area contributed by atoms with Crippen molar-refractivity contribution >= 4 is 52.3 Å². The Bertz CT molecular complexity index is 3220. The van der Waals surface area contributed by atoms with Gasteiger partial charge in [-0.25, -0.2) is 9.18 Å². The molecule has 16 heteroatoms. The van der Waals surface area contributed by atoms with E-state index in [0.717, 1.165) is 178 Å². The van der Waals surface area contributed by atoms with Crippen LogP contribution in [0.25, 0.3) is 32.9 Å². The number of hydrogen-bond acceptors (Lipinski definition) is 14. The zero-order valence-corrected chi connectivity index (χ0v) is 54.4. The molecule has 2 aromatic heterocycles. The molecule has 474 valence electrons. The highest BCUT2D eigenvalue weighted by molar-refractivity contribution is 6.03. The number of likely N-dealkylation sites (N-methyl/N-ethyl adjacent to an activating group) is 2. The summed E-state index contributed by atoms with van der Waals surface area (Å²) in [5.41, 5.74) is 8.00. The number of halogens is 1. The Labute approximate surface area is 524 Å². The first-order valence-corrected chi connectivity index (χ1v) is 32.0. The van der Waals surface area contributed by atoms with Gasteiger partial charge >= 0.3 is 12.1 Å². The largest absolute Gasteiger partial charge is 0.461 e. The number of allylic oxidation sites excluding steroid dienone is 1. The number of aryl methyl sites for hydroxylation is 2. The standard InChI is InChI=1S/C57H67FN8O4.C10H20N2.C4H10.CH2O/c1-7-47-50(58)16-14-43-9-8-10-48(51(43)47)52-41(6)53-49(29-59-52)54(65-30-37(2)11-12-38(3)31-65)61-55(60-53)70-36-57-20-17-46(66(57)32-39(4)28-57)35-69-56(68)64-21-18-42(19-22-64)33-62-23-25-63(26-24-62)45-15-13-40(5)44(27-45)34-67;1-6-7-8-10(12(4)5)9(2)11-3;1-3-4-2;1-2/h1,8-10,13-16,27,29,34,37-38,42,46H,4,11-12,17-26,28,30-33,35-36H2,2-3,5-6H3;6,10-11H,1-2,7-8H2,3-5H3;3-4H2,1-2H3;1H2/t37?,38?,46-,57-;;;/m0.../s1. The van der Waals surface area contributed by atoms with E-state index in [-0.39, 0.29) is 23.2 Å². The van der Waals surface area contributed by atoms with Crippen molar-refractivity contribution in [3.8, 4) is 29.6 Å². The Morgan fingerprint density at radius 2 is 1.66 bits per heavy atom. The average Bonchev–Trinajstić information content (AvgIpc) is 1.30. The van der Waals surface area contributed by atoms with Crippen LogP contribution in [0.5, 0.6) is 6.01 Å². The van der Waals surface area contributed by atoms with Crippen LogP contribution in [0.4, 0.5) is 20.7 Å². The zero-order chi connectivity index (χ0) is 63.7. The smallest absolute Gasteiger partial charge is 0.409 e. The number of piperazine rings is 1. The molecule has 0 bridgehead atoms. The number of rotatable bonds is 18. The number of terminal acetylenes is 1. The van der Waals surface area contributed by atoms with Gasteiger partial charge in [-0.1, -0.05) is 102 Å². The van der Waals surface area contributed by atoms with E-state index in [1.54, 1.807) is 6.07 Å². The Morgan fingerprint density at radius 1 is 0.955 bits per heavy atom. The molecule has 1 N–H and O–H groups in total. The number of pyridine rings is 1. The van der Waals surface area contributed by atoms with Crippen LogP contribution in [0.15, 0.2) is 91.8 Å². The maximum Gasteiger partial charge on any atom is 0.409 e. The van der Waals surface area contributed by atoms with Gasteiger partial charge in [0.1, 0.15) is 37.9 Å². The summed E-state index contributed by atoms with van der Waals surface area (Å²) in [5, 5.41) is 5.43. The maximum atomic E-state index is 15.2. The van der Waals surface area contributed by atoms with E-state index in [4.69, 9.17) is 35.6 Å².